The molecule has 0 saturated carbocycles. The van der Waals surface area contributed by atoms with Gasteiger partial charge >= 0.3 is 0 Å². The zero-order valence-electron chi connectivity index (χ0n) is 10.9. The van der Waals surface area contributed by atoms with Gasteiger partial charge in [-0.05, 0) is 51.6 Å². The van der Waals surface area contributed by atoms with Crippen molar-refractivity contribution in [2.24, 2.45) is 0 Å². The summed E-state index contributed by atoms with van der Waals surface area (Å²) in [5.41, 5.74) is 0.731. The van der Waals surface area contributed by atoms with E-state index in [0.717, 1.165) is 15.9 Å². The van der Waals surface area contributed by atoms with Crippen molar-refractivity contribution in [3.63, 3.8) is 0 Å². The van der Waals surface area contributed by atoms with E-state index in [4.69, 9.17) is 9.47 Å². The number of hydrogen-bond donors (Lipinski definition) is 1. The number of nitrogens with one attached hydrogen (secondary N) is 1. The lowest BCUT2D eigenvalue weighted by Crippen LogP contribution is -2.10. The molecule has 106 valence electrons. The van der Waals surface area contributed by atoms with Crippen molar-refractivity contribution < 1.29 is 14.3 Å². The molecule has 20 heavy (non-hydrogen) atoms. The van der Waals surface area contributed by atoms with Crippen molar-refractivity contribution in [3.05, 3.63) is 45.1 Å². The summed E-state index contributed by atoms with van der Waals surface area (Å²) in [7, 11) is 1.63. The van der Waals surface area contributed by atoms with E-state index >= 15 is 0 Å². The number of benzene rings is 1. The van der Waals surface area contributed by atoms with Crippen molar-refractivity contribution in [1.29, 1.82) is 0 Å². The summed E-state index contributed by atoms with van der Waals surface area (Å²) in [4.78, 5) is 12.7. The number of thiophene rings is 1. The maximum Gasteiger partial charge on any atom is 0.266 e. The van der Waals surface area contributed by atoms with E-state index in [2.05, 4.69) is 21.2 Å². The number of amides is 1. The predicted octanol–water partition coefficient (Wildman–Crippen LogP) is 3.79. The highest BCUT2D eigenvalue weighted by atomic mass is 79.9. The molecule has 0 fully saturated rings. The summed E-state index contributed by atoms with van der Waals surface area (Å²) in [6, 6.07) is 9.10. The van der Waals surface area contributed by atoms with Crippen LogP contribution in [0.25, 0.3) is 0 Å². The fourth-order valence-corrected chi connectivity index (χ4v) is 2.97. The molecular formula is C14H14BrNO3S. The molecule has 0 unspecified atom stereocenters. The van der Waals surface area contributed by atoms with E-state index in [0.29, 0.717) is 18.1 Å². The van der Waals surface area contributed by atoms with Gasteiger partial charge in [-0.25, -0.2) is 0 Å². The average Bonchev–Trinajstić information content (AvgIpc) is 2.87. The maximum absolute atomic E-state index is 12.0. The van der Waals surface area contributed by atoms with Gasteiger partial charge in [0.1, 0.15) is 17.2 Å². The Morgan fingerprint density at radius 3 is 2.60 bits per heavy atom. The molecule has 2 rings (SSSR count). The molecule has 1 N–H and O–H groups in total. The first-order chi connectivity index (χ1) is 9.70. The Bertz CT molecular complexity index is 568. The highest BCUT2D eigenvalue weighted by molar-refractivity contribution is 9.10. The zero-order valence-corrected chi connectivity index (χ0v) is 13.3. The van der Waals surface area contributed by atoms with Gasteiger partial charge < -0.3 is 14.8 Å². The van der Waals surface area contributed by atoms with Crippen LogP contribution in [0.2, 0.25) is 0 Å². The van der Waals surface area contributed by atoms with E-state index in [1.807, 2.05) is 35.7 Å². The fraction of sp³-hybridized carbons (Fsp3) is 0.214. The molecule has 1 aromatic carbocycles. The second-order valence-electron chi connectivity index (χ2n) is 3.92. The van der Waals surface area contributed by atoms with Crippen LogP contribution in [0.4, 0.5) is 5.69 Å². The van der Waals surface area contributed by atoms with Gasteiger partial charge in [-0.1, -0.05) is 0 Å². The summed E-state index contributed by atoms with van der Waals surface area (Å²) in [6.07, 6.45) is 0. The zero-order chi connectivity index (χ0) is 14.4. The minimum atomic E-state index is -0.125. The number of methoxy groups -OCH3 is 1. The number of halogens is 1. The Hall–Kier alpha value is -1.37. The molecule has 0 spiro atoms. The van der Waals surface area contributed by atoms with Gasteiger partial charge in [-0.2, -0.15) is 0 Å². The molecule has 4 nitrogen and oxygen atoms in total. The monoisotopic (exact) mass is 355 g/mol. The van der Waals surface area contributed by atoms with Gasteiger partial charge in [0.15, 0.2) is 0 Å². The van der Waals surface area contributed by atoms with E-state index in [9.17, 15) is 4.79 Å². The first kappa shape index (κ1) is 15.0. The topological polar surface area (TPSA) is 47.6 Å². The molecular weight excluding hydrogens is 342 g/mol. The van der Waals surface area contributed by atoms with Gasteiger partial charge in [0.25, 0.3) is 5.91 Å². The third-order valence-electron chi connectivity index (χ3n) is 2.49. The van der Waals surface area contributed by atoms with Crippen molar-refractivity contribution in [1.82, 2.24) is 0 Å². The van der Waals surface area contributed by atoms with Crippen LogP contribution in [-0.4, -0.2) is 26.2 Å². The SMILES string of the molecule is COCCOc1ccc(NC(=O)c2sccc2Br)cc1. The summed E-state index contributed by atoms with van der Waals surface area (Å²) >= 11 is 4.74. The van der Waals surface area contributed by atoms with Crippen LogP contribution in [0.3, 0.4) is 0 Å². The second-order valence-corrected chi connectivity index (χ2v) is 5.69. The normalized spacial score (nSPS) is 10.3. The second kappa shape index (κ2) is 7.42. The Morgan fingerprint density at radius 2 is 2.00 bits per heavy atom. The van der Waals surface area contributed by atoms with Crippen molar-refractivity contribution in [3.8, 4) is 5.75 Å². The molecule has 0 atom stereocenters. The molecule has 0 aliphatic heterocycles. The molecule has 6 heteroatoms. The standard InChI is InChI=1S/C14H14BrNO3S/c1-18-7-8-19-11-4-2-10(3-5-11)16-14(17)13-12(15)6-9-20-13/h2-6,9H,7-8H2,1H3,(H,16,17). The van der Waals surface area contributed by atoms with Crippen molar-refractivity contribution >= 4 is 38.9 Å². The summed E-state index contributed by atoms with van der Waals surface area (Å²) < 4.78 is 11.2. The highest BCUT2D eigenvalue weighted by Gasteiger charge is 2.11. The quantitative estimate of drug-likeness (QED) is 0.802. The minimum Gasteiger partial charge on any atom is -0.491 e. The third-order valence-corrected chi connectivity index (χ3v) is 4.33. The molecule has 1 aromatic heterocycles. The molecule has 1 heterocycles. The Morgan fingerprint density at radius 1 is 1.25 bits per heavy atom. The molecule has 0 radical (unpaired) electrons. The average molecular weight is 356 g/mol. The van der Waals surface area contributed by atoms with Crippen LogP contribution in [0.15, 0.2) is 40.2 Å². The molecule has 2 aromatic rings. The van der Waals surface area contributed by atoms with E-state index in [1.165, 1.54) is 11.3 Å². The number of carbonyl (C=O) groups is 1. The first-order valence-corrected chi connectivity index (χ1v) is 7.64. The molecule has 0 bridgehead atoms. The molecule has 1 amide bonds. The number of rotatable bonds is 6. The molecule has 0 saturated heterocycles. The van der Waals surface area contributed by atoms with Crippen LogP contribution in [0, 0.1) is 0 Å². The summed E-state index contributed by atoms with van der Waals surface area (Å²) in [5.74, 6) is 0.622. The number of anilines is 1. The van der Waals surface area contributed by atoms with Crippen molar-refractivity contribution in [2.75, 3.05) is 25.6 Å². The van der Waals surface area contributed by atoms with Gasteiger partial charge in [0, 0.05) is 17.3 Å². The van der Waals surface area contributed by atoms with Crippen LogP contribution in [-0.2, 0) is 4.74 Å². The smallest absolute Gasteiger partial charge is 0.266 e. The van der Waals surface area contributed by atoms with E-state index in [1.54, 1.807) is 7.11 Å². The number of carbonyl (C=O) groups excluding carboxylic acids is 1. The van der Waals surface area contributed by atoms with Gasteiger partial charge in [-0.3, -0.25) is 4.79 Å². The van der Waals surface area contributed by atoms with Gasteiger partial charge in [0.05, 0.1) is 6.61 Å². The predicted molar refractivity (Wildman–Crippen MR) is 83.8 cm³/mol. The van der Waals surface area contributed by atoms with Crippen LogP contribution < -0.4 is 10.1 Å². The maximum atomic E-state index is 12.0. The lowest BCUT2D eigenvalue weighted by molar-refractivity contribution is 0.103. The van der Waals surface area contributed by atoms with Gasteiger partial charge in [-0.15, -0.1) is 11.3 Å². The van der Waals surface area contributed by atoms with E-state index in [-0.39, 0.29) is 5.91 Å². The largest absolute Gasteiger partial charge is 0.491 e. The van der Waals surface area contributed by atoms with Crippen LogP contribution >= 0.6 is 27.3 Å². The van der Waals surface area contributed by atoms with Gasteiger partial charge in [0.2, 0.25) is 0 Å². The summed E-state index contributed by atoms with van der Waals surface area (Å²) in [5, 5.41) is 4.71. The Kier molecular flexibility index (Phi) is 5.58. The number of ether oxygens (including phenoxy) is 2. The fourth-order valence-electron chi connectivity index (χ4n) is 1.52. The van der Waals surface area contributed by atoms with Crippen LogP contribution in [0.1, 0.15) is 9.67 Å². The van der Waals surface area contributed by atoms with Crippen LogP contribution in [0.5, 0.6) is 5.75 Å². The lowest BCUT2D eigenvalue weighted by atomic mass is 10.3. The highest BCUT2D eigenvalue weighted by Crippen LogP contribution is 2.24. The lowest BCUT2D eigenvalue weighted by Gasteiger charge is -2.07. The Labute approximate surface area is 129 Å². The third kappa shape index (κ3) is 4.06. The first-order valence-electron chi connectivity index (χ1n) is 5.97. The van der Waals surface area contributed by atoms with Crippen molar-refractivity contribution in [2.45, 2.75) is 0 Å². The molecule has 0 aliphatic carbocycles. The molecule has 0 aliphatic rings. The Balaban J connectivity index is 1.93. The minimum absolute atomic E-state index is 0.125. The number of hydrogen-bond acceptors (Lipinski definition) is 4. The summed E-state index contributed by atoms with van der Waals surface area (Å²) in [6.45, 7) is 1.05. The van der Waals surface area contributed by atoms with E-state index < -0.39 is 0 Å².